The summed E-state index contributed by atoms with van der Waals surface area (Å²) in [5, 5.41) is 3.01. The summed E-state index contributed by atoms with van der Waals surface area (Å²) >= 11 is 1.62. The maximum atomic E-state index is 13.1. The average molecular weight is 450 g/mol. The lowest BCUT2D eigenvalue weighted by molar-refractivity contribution is -0.125. The molecule has 166 valence electrons. The number of carbonyl (C=O) groups excluding carboxylic acids is 2. The Hall–Kier alpha value is -3.19. The number of aryl methyl sites for hydroxylation is 2. The quantitative estimate of drug-likeness (QED) is 0.607. The summed E-state index contributed by atoms with van der Waals surface area (Å²) in [6.45, 7) is 4.91. The van der Waals surface area contributed by atoms with E-state index in [1.807, 2.05) is 37.6 Å². The molecule has 1 atom stereocenters. The first-order chi connectivity index (χ1) is 15.5. The highest BCUT2D eigenvalue weighted by Crippen LogP contribution is 2.27. The second-order valence-electron chi connectivity index (χ2n) is 8.02. The minimum Gasteiger partial charge on any atom is -0.497 e. The molecule has 4 rings (SSSR count). The fraction of sp³-hybridized carbons (Fsp3) is 0.320. The smallest absolute Gasteiger partial charge is 0.254 e. The first-order valence-corrected chi connectivity index (χ1v) is 11.6. The summed E-state index contributed by atoms with van der Waals surface area (Å²) in [4.78, 5) is 33.2. The van der Waals surface area contributed by atoms with Gasteiger partial charge in [0.05, 0.1) is 23.2 Å². The molecule has 7 heteroatoms. The lowest BCUT2D eigenvalue weighted by Gasteiger charge is -2.25. The molecule has 2 aromatic carbocycles. The molecule has 1 unspecified atom stereocenters. The zero-order valence-corrected chi connectivity index (χ0v) is 19.4. The van der Waals surface area contributed by atoms with Crippen molar-refractivity contribution in [3.63, 3.8) is 0 Å². The van der Waals surface area contributed by atoms with E-state index in [9.17, 15) is 9.59 Å². The minimum absolute atomic E-state index is 0.105. The maximum Gasteiger partial charge on any atom is 0.254 e. The van der Waals surface area contributed by atoms with Crippen molar-refractivity contribution < 1.29 is 14.3 Å². The molecule has 6 nitrogen and oxygen atoms in total. The third-order valence-electron chi connectivity index (χ3n) is 5.91. The number of nitrogens with zero attached hydrogens (tertiary/aromatic N) is 2. The van der Waals surface area contributed by atoms with Gasteiger partial charge in [0, 0.05) is 18.7 Å². The van der Waals surface area contributed by atoms with Gasteiger partial charge in [-0.25, -0.2) is 4.98 Å². The normalized spacial score (nSPS) is 15.6. The number of likely N-dealkylation sites (tertiary alicyclic amines) is 1. The van der Waals surface area contributed by atoms with E-state index < -0.39 is 6.04 Å². The predicted molar refractivity (Wildman–Crippen MR) is 126 cm³/mol. The largest absolute Gasteiger partial charge is 0.497 e. The third kappa shape index (κ3) is 4.53. The summed E-state index contributed by atoms with van der Waals surface area (Å²) in [5.74, 6) is 0.503. The van der Waals surface area contributed by atoms with E-state index in [0.29, 0.717) is 30.8 Å². The zero-order chi connectivity index (χ0) is 22.7. The molecule has 1 N–H and O–H groups in total. The number of carbonyl (C=O) groups is 2. The maximum absolute atomic E-state index is 13.1. The van der Waals surface area contributed by atoms with Crippen molar-refractivity contribution >= 4 is 23.2 Å². The molecule has 2 heterocycles. The van der Waals surface area contributed by atoms with E-state index in [-0.39, 0.29) is 11.8 Å². The lowest BCUT2D eigenvalue weighted by Crippen LogP contribution is -2.45. The van der Waals surface area contributed by atoms with Crippen LogP contribution >= 0.6 is 11.3 Å². The minimum atomic E-state index is -0.442. The number of rotatable bonds is 6. The van der Waals surface area contributed by atoms with E-state index in [1.165, 1.54) is 0 Å². The number of methoxy groups -OCH3 is 1. The molecule has 0 radical (unpaired) electrons. The molecule has 0 spiro atoms. The van der Waals surface area contributed by atoms with Crippen LogP contribution in [-0.4, -0.2) is 41.4 Å². The van der Waals surface area contributed by atoms with Gasteiger partial charge in [0.15, 0.2) is 0 Å². The van der Waals surface area contributed by atoms with Crippen molar-refractivity contribution in [2.75, 3.05) is 13.7 Å². The van der Waals surface area contributed by atoms with Gasteiger partial charge in [-0.1, -0.05) is 24.3 Å². The highest BCUT2D eigenvalue weighted by atomic mass is 32.1. The highest BCUT2D eigenvalue weighted by molar-refractivity contribution is 7.13. The monoisotopic (exact) mass is 449 g/mol. The van der Waals surface area contributed by atoms with Crippen molar-refractivity contribution in [2.45, 2.75) is 39.3 Å². The van der Waals surface area contributed by atoms with Crippen LogP contribution in [0.4, 0.5) is 0 Å². The van der Waals surface area contributed by atoms with E-state index in [0.717, 1.165) is 33.7 Å². The van der Waals surface area contributed by atoms with Crippen LogP contribution in [0.25, 0.3) is 10.4 Å². The molecule has 0 bridgehead atoms. The summed E-state index contributed by atoms with van der Waals surface area (Å²) in [6.07, 6.45) is 1.50. The number of hydrogen-bond donors (Lipinski definition) is 1. The van der Waals surface area contributed by atoms with Crippen molar-refractivity contribution in [3.8, 4) is 16.2 Å². The predicted octanol–water partition coefficient (Wildman–Crippen LogP) is 4.36. The van der Waals surface area contributed by atoms with Crippen LogP contribution in [0, 0.1) is 13.8 Å². The molecular formula is C25H27N3O3S. The molecule has 3 aromatic rings. The molecule has 1 aliphatic rings. The zero-order valence-electron chi connectivity index (χ0n) is 18.6. The SMILES string of the molecule is COc1ccc(C(=O)N2CCCC2C(=O)NCc2ccc(-c3scnc3C)cc2)c(C)c1. The van der Waals surface area contributed by atoms with Crippen molar-refractivity contribution in [1.82, 2.24) is 15.2 Å². The van der Waals surface area contributed by atoms with Gasteiger partial charge in [-0.15, -0.1) is 11.3 Å². The van der Waals surface area contributed by atoms with E-state index in [4.69, 9.17) is 4.74 Å². The van der Waals surface area contributed by atoms with Crippen LogP contribution in [0.2, 0.25) is 0 Å². The average Bonchev–Trinajstić information content (AvgIpc) is 3.46. The van der Waals surface area contributed by atoms with E-state index >= 15 is 0 Å². The molecule has 0 aliphatic carbocycles. The van der Waals surface area contributed by atoms with E-state index in [1.54, 1.807) is 35.5 Å². The molecule has 2 amide bonds. The fourth-order valence-corrected chi connectivity index (χ4v) is 4.91. The first kappa shape index (κ1) is 22.0. The molecule has 1 aliphatic heterocycles. The van der Waals surface area contributed by atoms with Gasteiger partial charge < -0.3 is 15.0 Å². The number of ether oxygens (including phenoxy) is 1. The van der Waals surface area contributed by atoms with Crippen LogP contribution in [-0.2, 0) is 11.3 Å². The first-order valence-electron chi connectivity index (χ1n) is 10.7. The standard InChI is InChI=1S/C25H27N3O3S/c1-16-13-20(31-3)10-11-21(16)25(30)28-12-4-5-22(28)24(29)26-14-18-6-8-19(9-7-18)23-17(2)27-15-32-23/h6-11,13,15,22H,4-5,12,14H2,1-3H3,(H,26,29). The van der Waals surface area contributed by atoms with Crippen molar-refractivity contribution in [2.24, 2.45) is 0 Å². The molecule has 1 saturated heterocycles. The van der Waals surface area contributed by atoms with Crippen LogP contribution in [0.3, 0.4) is 0 Å². The Bertz CT molecular complexity index is 1120. The Morgan fingerprint density at radius 1 is 1.19 bits per heavy atom. The molecular weight excluding hydrogens is 422 g/mol. The number of thiazole rings is 1. The summed E-state index contributed by atoms with van der Waals surface area (Å²) in [6, 6.07) is 13.1. The molecule has 1 fully saturated rings. The Balaban J connectivity index is 1.39. The van der Waals surface area contributed by atoms with Crippen LogP contribution in [0.15, 0.2) is 48.0 Å². The van der Waals surface area contributed by atoms with E-state index in [2.05, 4.69) is 22.4 Å². The Labute approximate surface area is 192 Å². The number of benzene rings is 2. The van der Waals surface area contributed by atoms with Crippen LogP contribution in [0.5, 0.6) is 5.75 Å². The van der Waals surface area contributed by atoms with Gasteiger partial charge in [-0.2, -0.15) is 0 Å². The Kier molecular flexibility index (Phi) is 6.55. The van der Waals surface area contributed by atoms with Gasteiger partial charge in [0.2, 0.25) is 5.91 Å². The van der Waals surface area contributed by atoms with Crippen molar-refractivity contribution in [1.29, 1.82) is 0 Å². The summed E-state index contributed by atoms with van der Waals surface area (Å²) < 4.78 is 5.23. The van der Waals surface area contributed by atoms with Crippen LogP contribution < -0.4 is 10.1 Å². The van der Waals surface area contributed by atoms with Gasteiger partial charge in [0.25, 0.3) is 5.91 Å². The number of hydrogen-bond acceptors (Lipinski definition) is 5. The second kappa shape index (κ2) is 9.53. The van der Waals surface area contributed by atoms with Gasteiger partial charge in [-0.3, -0.25) is 9.59 Å². The number of aromatic nitrogens is 1. The molecule has 0 saturated carbocycles. The van der Waals surface area contributed by atoms with Gasteiger partial charge in [-0.05, 0) is 61.6 Å². The lowest BCUT2D eigenvalue weighted by atomic mass is 10.1. The highest BCUT2D eigenvalue weighted by Gasteiger charge is 2.34. The van der Waals surface area contributed by atoms with Crippen molar-refractivity contribution in [3.05, 3.63) is 70.4 Å². The molecule has 1 aromatic heterocycles. The number of nitrogens with one attached hydrogen (secondary N) is 1. The van der Waals surface area contributed by atoms with Gasteiger partial charge >= 0.3 is 0 Å². The van der Waals surface area contributed by atoms with Gasteiger partial charge in [0.1, 0.15) is 11.8 Å². The topological polar surface area (TPSA) is 71.5 Å². The summed E-state index contributed by atoms with van der Waals surface area (Å²) in [7, 11) is 1.60. The number of amides is 2. The van der Waals surface area contributed by atoms with Crippen LogP contribution in [0.1, 0.15) is 40.0 Å². The second-order valence-corrected chi connectivity index (χ2v) is 8.87. The fourth-order valence-electron chi connectivity index (χ4n) is 4.10. The molecule has 32 heavy (non-hydrogen) atoms. The summed E-state index contributed by atoms with van der Waals surface area (Å²) in [5.41, 5.74) is 6.47. The Morgan fingerprint density at radius 3 is 2.62 bits per heavy atom. The Morgan fingerprint density at radius 2 is 1.97 bits per heavy atom. The third-order valence-corrected chi connectivity index (χ3v) is 6.89.